The van der Waals surface area contributed by atoms with E-state index in [9.17, 15) is 5.11 Å². The summed E-state index contributed by atoms with van der Waals surface area (Å²) in [6, 6.07) is 4.24. The number of nitrogens with zero attached hydrogens (tertiary/aromatic N) is 1. The molecule has 0 spiro atoms. The lowest BCUT2D eigenvalue weighted by molar-refractivity contribution is 0.253. The predicted octanol–water partition coefficient (Wildman–Crippen LogP) is 7.00. The van der Waals surface area contributed by atoms with Gasteiger partial charge in [-0.1, -0.05) is 96.5 Å². The van der Waals surface area contributed by atoms with Crippen molar-refractivity contribution in [3.05, 3.63) is 64.8 Å². The zero-order valence-electron chi connectivity index (χ0n) is 19.3. The molecule has 2 nitrogen and oxygen atoms in total. The number of phenolic OH excluding ortho intramolecular Hbond substituents is 1. The highest BCUT2D eigenvalue weighted by Crippen LogP contribution is 2.31. The van der Waals surface area contributed by atoms with Crippen LogP contribution in [0.4, 0.5) is 0 Å². The van der Waals surface area contributed by atoms with Crippen molar-refractivity contribution in [1.29, 1.82) is 0 Å². The van der Waals surface area contributed by atoms with E-state index in [4.69, 9.17) is 0 Å². The summed E-state index contributed by atoms with van der Waals surface area (Å²) < 4.78 is 0. The van der Waals surface area contributed by atoms with Crippen molar-refractivity contribution in [2.45, 2.75) is 67.9 Å². The van der Waals surface area contributed by atoms with Gasteiger partial charge in [0, 0.05) is 25.2 Å². The van der Waals surface area contributed by atoms with Gasteiger partial charge in [-0.15, -0.1) is 0 Å². The van der Waals surface area contributed by atoms with Crippen molar-refractivity contribution in [1.82, 2.24) is 4.90 Å². The zero-order valence-corrected chi connectivity index (χ0v) is 19.3. The van der Waals surface area contributed by atoms with Gasteiger partial charge >= 0.3 is 0 Å². The number of rotatable bonds is 7. The third-order valence-electron chi connectivity index (χ3n) is 4.75. The lowest BCUT2D eigenvalue weighted by Crippen LogP contribution is -2.29. The first-order valence-corrected chi connectivity index (χ1v) is 10.9. The van der Waals surface area contributed by atoms with Crippen LogP contribution >= 0.6 is 0 Å². The molecule has 0 radical (unpaired) electrons. The predicted molar refractivity (Wildman–Crippen MR) is 124 cm³/mol. The number of phenols is 1. The van der Waals surface area contributed by atoms with Crippen LogP contribution in [-0.2, 0) is 6.54 Å². The quantitative estimate of drug-likeness (QED) is 0.548. The SMILES string of the molecule is CC.Cc1cc(CN(CC2=CC=CC(C)C=C2)CC(C)C)c(O)c(C(C)C)c1. The van der Waals surface area contributed by atoms with Crippen LogP contribution in [0.25, 0.3) is 0 Å². The van der Waals surface area contributed by atoms with Gasteiger partial charge in [0.15, 0.2) is 0 Å². The van der Waals surface area contributed by atoms with Crippen LogP contribution in [-0.4, -0.2) is 23.1 Å². The summed E-state index contributed by atoms with van der Waals surface area (Å²) >= 11 is 0. The highest BCUT2D eigenvalue weighted by molar-refractivity contribution is 5.45. The van der Waals surface area contributed by atoms with Crippen molar-refractivity contribution >= 4 is 0 Å². The fraction of sp³-hybridized carbons (Fsp3) is 0.538. The Hall–Kier alpha value is -1.80. The van der Waals surface area contributed by atoms with Crippen LogP contribution in [0.2, 0.25) is 0 Å². The summed E-state index contributed by atoms with van der Waals surface area (Å²) in [7, 11) is 0. The Morgan fingerprint density at radius 1 is 1.04 bits per heavy atom. The summed E-state index contributed by atoms with van der Waals surface area (Å²) in [5.41, 5.74) is 4.63. The maximum absolute atomic E-state index is 10.8. The fourth-order valence-electron chi connectivity index (χ4n) is 3.50. The van der Waals surface area contributed by atoms with E-state index in [0.717, 1.165) is 30.8 Å². The molecular weight excluding hydrogens is 342 g/mol. The zero-order chi connectivity index (χ0) is 21.3. The topological polar surface area (TPSA) is 23.5 Å². The molecule has 0 fully saturated rings. The van der Waals surface area contributed by atoms with E-state index in [2.05, 4.69) is 89.0 Å². The highest BCUT2D eigenvalue weighted by atomic mass is 16.3. The molecule has 0 aromatic heterocycles. The lowest BCUT2D eigenvalue weighted by Gasteiger charge is -2.26. The third-order valence-corrected chi connectivity index (χ3v) is 4.75. The Morgan fingerprint density at radius 2 is 1.71 bits per heavy atom. The number of allylic oxidation sites excluding steroid dienone is 4. The number of benzene rings is 1. The van der Waals surface area contributed by atoms with E-state index in [1.165, 1.54) is 11.1 Å². The van der Waals surface area contributed by atoms with Gasteiger partial charge in [-0.05, 0) is 35.8 Å². The Morgan fingerprint density at radius 3 is 2.32 bits per heavy atom. The van der Waals surface area contributed by atoms with E-state index in [1.807, 2.05) is 13.8 Å². The van der Waals surface area contributed by atoms with E-state index in [-0.39, 0.29) is 0 Å². The molecular formula is C26H41NO. The van der Waals surface area contributed by atoms with E-state index >= 15 is 0 Å². The number of hydrogen-bond donors (Lipinski definition) is 1. The van der Waals surface area contributed by atoms with E-state index in [0.29, 0.717) is 23.5 Å². The Kier molecular flexibility index (Phi) is 10.3. The maximum Gasteiger partial charge on any atom is 0.123 e. The normalized spacial score (nSPS) is 16.2. The van der Waals surface area contributed by atoms with Gasteiger partial charge in [0.2, 0.25) is 0 Å². The maximum atomic E-state index is 10.8. The van der Waals surface area contributed by atoms with Crippen molar-refractivity contribution in [3.8, 4) is 5.75 Å². The van der Waals surface area contributed by atoms with Gasteiger partial charge in [0.1, 0.15) is 5.75 Å². The monoisotopic (exact) mass is 383 g/mol. The molecule has 0 aliphatic heterocycles. The van der Waals surface area contributed by atoms with Gasteiger partial charge < -0.3 is 5.11 Å². The molecule has 0 bridgehead atoms. The fourth-order valence-corrected chi connectivity index (χ4v) is 3.50. The average molecular weight is 384 g/mol. The highest BCUT2D eigenvalue weighted by Gasteiger charge is 2.16. The first-order chi connectivity index (χ1) is 13.3. The van der Waals surface area contributed by atoms with Crippen molar-refractivity contribution in [2.75, 3.05) is 13.1 Å². The largest absolute Gasteiger partial charge is 0.507 e. The molecule has 1 atom stereocenters. The van der Waals surface area contributed by atoms with Crippen molar-refractivity contribution in [3.63, 3.8) is 0 Å². The van der Waals surface area contributed by atoms with E-state index in [1.54, 1.807) is 0 Å². The molecule has 1 unspecified atom stereocenters. The summed E-state index contributed by atoms with van der Waals surface area (Å²) in [5, 5.41) is 10.8. The molecule has 1 N–H and O–H groups in total. The van der Waals surface area contributed by atoms with Crippen LogP contribution in [0.5, 0.6) is 5.75 Å². The second-order valence-electron chi connectivity index (χ2n) is 8.42. The Labute approximate surface area is 173 Å². The van der Waals surface area contributed by atoms with Crippen LogP contribution < -0.4 is 0 Å². The van der Waals surface area contributed by atoms with Gasteiger partial charge in [-0.2, -0.15) is 0 Å². The molecule has 0 saturated carbocycles. The average Bonchev–Trinajstić information content (AvgIpc) is 2.83. The third kappa shape index (κ3) is 7.67. The summed E-state index contributed by atoms with van der Waals surface area (Å²) in [4.78, 5) is 2.45. The standard InChI is InChI=1S/C24H35NO.C2H6/c1-17(2)14-25(15-21-9-7-8-19(5)10-11-21)16-22-12-20(6)13-23(18(3)4)24(22)26;1-2/h7-13,17-19,26H,14-16H2,1-6H3;1-2H3. The van der Waals surface area contributed by atoms with Crippen LogP contribution in [0.15, 0.2) is 48.1 Å². The Balaban J connectivity index is 0.00000190. The number of hydrogen-bond acceptors (Lipinski definition) is 2. The molecule has 1 aromatic rings. The second kappa shape index (κ2) is 11.9. The molecule has 2 rings (SSSR count). The molecule has 1 aliphatic carbocycles. The number of aryl methyl sites for hydroxylation is 1. The summed E-state index contributed by atoms with van der Waals surface area (Å²) in [6.45, 7) is 19.8. The second-order valence-corrected chi connectivity index (χ2v) is 8.42. The molecule has 1 aliphatic rings. The van der Waals surface area contributed by atoms with Gasteiger partial charge in [-0.25, -0.2) is 0 Å². The molecule has 0 heterocycles. The minimum atomic E-state index is 0.325. The van der Waals surface area contributed by atoms with E-state index < -0.39 is 0 Å². The van der Waals surface area contributed by atoms with Crippen molar-refractivity contribution in [2.24, 2.45) is 11.8 Å². The molecule has 1 aromatic carbocycles. The minimum absolute atomic E-state index is 0.325. The summed E-state index contributed by atoms with van der Waals surface area (Å²) in [5.74, 6) is 1.86. The molecule has 28 heavy (non-hydrogen) atoms. The summed E-state index contributed by atoms with van der Waals surface area (Å²) in [6.07, 6.45) is 11.1. The van der Waals surface area contributed by atoms with Gasteiger partial charge in [0.25, 0.3) is 0 Å². The van der Waals surface area contributed by atoms with Gasteiger partial charge in [-0.3, -0.25) is 4.90 Å². The Bertz CT molecular complexity index is 695. The molecule has 2 heteroatoms. The first kappa shape index (κ1) is 24.2. The number of aromatic hydroxyl groups is 1. The lowest BCUT2D eigenvalue weighted by atomic mass is 9.96. The van der Waals surface area contributed by atoms with Crippen LogP contribution in [0.3, 0.4) is 0 Å². The van der Waals surface area contributed by atoms with Crippen molar-refractivity contribution < 1.29 is 5.11 Å². The molecule has 0 amide bonds. The smallest absolute Gasteiger partial charge is 0.123 e. The molecule has 0 saturated heterocycles. The molecule has 156 valence electrons. The first-order valence-electron chi connectivity index (χ1n) is 10.9. The van der Waals surface area contributed by atoms with Crippen LogP contribution in [0.1, 0.15) is 71.1 Å². The van der Waals surface area contributed by atoms with Crippen LogP contribution in [0, 0.1) is 18.8 Å². The van der Waals surface area contributed by atoms with Gasteiger partial charge in [0.05, 0.1) is 0 Å². The minimum Gasteiger partial charge on any atom is -0.507 e.